The maximum atomic E-state index is 6.16. The normalized spacial score (nSPS) is 14.9. The minimum atomic E-state index is 0.0648. The number of thiazole rings is 1. The predicted octanol–water partition coefficient (Wildman–Crippen LogP) is 3.92. The van der Waals surface area contributed by atoms with Crippen molar-refractivity contribution in [3.8, 4) is 9.88 Å². The molecule has 2 heterocycles. The summed E-state index contributed by atoms with van der Waals surface area (Å²) < 4.78 is 0. The van der Waals surface area contributed by atoms with Gasteiger partial charge in [-0.3, -0.25) is 0 Å². The molecule has 0 aliphatic rings. The van der Waals surface area contributed by atoms with Gasteiger partial charge in [0.15, 0.2) is 0 Å². The molecule has 0 bridgehead atoms. The Kier molecular flexibility index (Phi) is 3.74. The fraction of sp³-hybridized carbons (Fsp3) is 0.417. The summed E-state index contributed by atoms with van der Waals surface area (Å²) in [6, 6.07) is 4.22. The molecule has 0 saturated heterocycles. The zero-order valence-corrected chi connectivity index (χ0v) is 11.1. The van der Waals surface area contributed by atoms with Crippen molar-refractivity contribution < 1.29 is 0 Å². The molecule has 0 amide bonds. The topological polar surface area (TPSA) is 38.9 Å². The Hall–Kier alpha value is -0.710. The first-order valence-electron chi connectivity index (χ1n) is 5.47. The van der Waals surface area contributed by atoms with Crippen LogP contribution < -0.4 is 5.73 Å². The van der Waals surface area contributed by atoms with E-state index < -0.39 is 0 Å². The van der Waals surface area contributed by atoms with Gasteiger partial charge in [-0.15, -0.1) is 22.7 Å². The van der Waals surface area contributed by atoms with E-state index in [-0.39, 0.29) is 6.04 Å². The second kappa shape index (κ2) is 5.08. The number of thiophene rings is 1. The van der Waals surface area contributed by atoms with Gasteiger partial charge < -0.3 is 5.73 Å². The lowest BCUT2D eigenvalue weighted by Crippen LogP contribution is -2.18. The number of hydrogen-bond acceptors (Lipinski definition) is 4. The van der Waals surface area contributed by atoms with Crippen molar-refractivity contribution in [1.82, 2.24) is 4.98 Å². The van der Waals surface area contributed by atoms with E-state index in [0.717, 1.165) is 17.1 Å². The van der Waals surface area contributed by atoms with Crippen molar-refractivity contribution in [2.45, 2.75) is 26.3 Å². The second-order valence-electron chi connectivity index (χ2n) is 3.97. The highest BCUT2D eigenvalue weighted by Crippen LogP contribution is 2.31. The van der Waals surface area contributed by atoms with Gasteiger partial charge in [0.25, 0.3) is 0 Å². The smallest absolute Gasteiger partial charge is 0.133 e. The SMILES string of the molecule is CCC(C)C(N)c1csc(-c2cccs2)n1. The standard InChI is InChI=1S/C12H16N2S2/c1-3-8(2)11(13)9-7-16-12(14-9)10-5-4-6-15-10/h4-8,11H,3,13H2,1-2H3. The van der Waals surface area contributed by atoms with Crippen LogP contribution in [0, 0.1) is 5.92 Å². The van der Waals surface area contributed by atoms with Crippen LogP contribution in [0.2, 0.25) is 0 Å². The molecule has 0 spiro atoms. The van der Waals surface area contributed by atoms with Crippen molar-refractivity contribution in [3.05, 3.63) is 28.6 Å². The van der Waals surface area contributed by atoms with Gasteiger partial charge >= 0.3 is 0 Å². The Labute approximate surface area is 104 Å². The number of nitrogens with zero attached hydrogens (tertiary/aromatic N) is 1. The number of rotatable bonds is 4. The number of nitrogens with two attached hydrogens (primary N) is 1. The highest BCUT2D eigenvalue weighted by atomic mass is 32.1. The van der Waals surface area contributed by atoms with Crippen molar-refractivity contribution in [3.63, 3.8) is 0 Å². The minimum absolute atomic E-state index is 0.0648. The molecule has 2 atom stereocenters. The molecule has 0 aromatic carbocycles. The molecule has 2 rings (SSSR count). The van der Waals surface area contributed by atoms with Crippen LogP contribution >= 0.6 is 22.7 Å². The first kappa shape index (κ1) is 11.8. The molecule has 0 fully saturated rings. The summed E-state index contributed by atoms with van der Waals surface area (Å²) in [6.07, 6.45) is 1.09. The Balaban J connectivity index is 2.20. The van der Waals surface area contributed by atoms with Gasteiger partial charge in [-0.2, -0.15) is 0 Å². The third-order valence-electron chi connectivity index (χ3n) is 2.85. The monoisotopic (exact) mass is 252 g/mol. The molecule has 2 N–H and O–H groups in total. The van der Waals surface area contributed by atoms with Gasteiger partial charge in [-0.25, -0.2) is 4.98 Å². The Morgan fingerprint density at radius 2 is 2.25 bits per heavy atom. The van der Waals surface area contributed by atoms with Crippen LogP contribution in [-0.2, 0) is 0 Å². The van der Waals surface area contributed by atoms with Crippen LogP contribution in [0.3, 0.4) is 0 Å². The van der Waals surface area contributed by atoms with Gasteiger partial charge in [0.05, 0.1) is 16.6 Å². The van der Waals surface area contributed by atoms with Crippen LogP contribution in [0.25, 0.3) is 9.88 Å². The molecule has 0 saturated carbocycles. The molecule has 2 unspecified atom stereocenters. The van der Waals surface area contributed by atoms with E-state index in [1.165, 1.54) is 4.88 Å². The molecule has 0 aliphatic heterocycles. The summed E-state index contributed by atoms with van der Waals surface area (Å²) in [4.78, 5) is 5.85. The van der Waals surface area contributed by atoms with Crippen molar-refractivity contribution in [2.24, 2.45) is 11.7 Å². The Morgan fingerprint density at radius 3 is 2.88 bits per heavy atom. The molecule has 4 heteroatoms. The zero-order chi connectivity index (χ0) is 11.5. The van der Waals surface area contributed by atoms with E-state index in [1.54, 1.807) is 22.7 Å². The van der Waals surface area contributed by atoms with Crippen molar-refractivity contribution in [2.75, 3.05) is 0 Å². The number of hydrogen-bond donors (Lipinski definition) is 1. The van der Waals surface area contributed by atoms with Crippen molar-refractivity contribution in [1.29, 1.82) is 0 Å². The van der Waals surface area contributed by atoms with Crippen LogP contribution in [0.15, 0.2) is 22.9 Å². The van der Waals surface area contributed by atoms with E-state index in [2.05, 4.69) is 41.7 Å². The van der Waals surface area contributed by atoms with Crippen LogP contribution in [0.4, 0.5) is 0 Å². The second-order valence-corrected chi connectivity index (χ2v) is 5.77. The molecule has 2 nitrogen and oxygen atoms in total. The molecule has 2 aromatic heterocycles. The highest BCUT2D eigenvalue weighted by Gasteiger charge is 2.16. The molecular formula is C12H16N2S2. The average Bonchev–Trinajstić information content (AvgIpc) is 2.96. The molecular weight excluding hydrogens is 236 g/mol. The van der Waals surface area contributed by atoms with Crippen LogP contribution in [-0.4, -0.2) is 4.98 Å². The first-order chi connectivity index (χ1) is 7.72. The van der Waals surface area contributed by atoms with E-state index in [9.17, 15) is 0 Å². The molecule has 0 aliphatic carbocycles. The third-order valence-corrected chi connectivity index (χ3v) is 4.75. The quantitative estimate of drug-likeness (QED) is 0.895. The number of aromatic nitrogens is 1. The minimum Gasteiger partial charge on any atom is -0.322 e. The summed E-state index contributed by atoms with van der Waals surface area (Å²) in [7, 11) is 0. The maximum absolute atomic E-state index is 6.16. The van der Waals surface area contributed by atoms with E-state index >= 15 is 0 Å². The third kappa shape index (κ3) is 2.34. The summed E-state index contributed by atoms with van der Waals surface area (Å²) in [6.45, 7) is 4.34. The van der Waals surface area contributed by atoms with E-state index in [4.69, 9.17) is 5.73 Å². The fourth-order valence-corrected chi connectivity index (χ4v) is 3.18. The van der Waals surface area contributed by atoms with Gasteiger partial charge in [-0.05, 0) is 17.4 Å². The fourth-order valence-electron chi connectivity index (χ4n) is 1.50. The van der Waals surface area contributed by atoms with E-state index in [0.29, 0.717) is 5.92 Å². The molecule has 0 radical (unpaired) electrons. The summed E-state index contributed by atoms with van der Waals surface area (Å²) in [5.41, 5.74) is 7.19. The largest absolute Gasteiger partial charge is 0.322 e. The van der Waals surface area contributed by atoms with Gasteiger partial charge in [-0.1, -0.05) is 26.3 Å². The lowest BCUT2D eigenvalue weighted by Gasteiger charge is -2.15. The lowest BCUT2D eigenvalue weighted by atomic mass is 9.98. The van der Waals surface area contributed by atoms with Gasteiger partial charge in [0.2, 0.25) is 0 Å². The summed E-state index contributed by atoms with van der Waals surface area (Å²) in [5.74, 6) is 0.485. The molecule has 16 heavy (non-hydrogen) atoms. The van der Waals surface area contributed by atoms with Gasteiger partial charge in [0, 0.05) is 5.38 Å². The van der Waals surface area contributed by atoms with E-state index in [1.807, 2.05) is 0 Å². The van der Waals surface area contributed by atoms with Crippen LogP contribution in [0.5, 0.6) is 0 Å². The predicted molar refractivity (Wildman–Crippen MR) is 71.8 cm³/mol. The maximum Gasteiger partial charge on any atom is 0.133 e. The van der Waals surface area contributed by atoms with Crippen molar-refractivity contribution >= 4 is 22.7 Å². The highest BCUT2D eigenvalue weighted by molar-refractivity contribution is 7.20. The molecule has 2 aromatic rings. The van der Waals surface area contributed by atoms with Gasteiger partial charge in [0.1, 0.15) is 5.01 Å². The Bertz CT molecular complexity index is 434. The average molecular weight is 252 g/mol. The molecule has 86 valence electrons. The zero-order valence-electron chi connectivity index (χ0n) is 9.51. The lowest BCUT2D eigenvalue weighted by molar-refractivity contribution is 0.450. The Morgan fingerprint density at radius 1 is 1.44 bits per heavy atom. The first-order valence-corrected chi connectivity index (χ1v) is 7.23. The summed E-state index contributed by atoms with van der Waals surface area (Å²) in [5, 5.41) is 5.25. The van der Waals surface area contributed by atoms with Crippen LogP contribution in [0.1, 0.15) is 32.0 Å². The summed E-state index contributed by atoms with van der Waals surface area (Å²) >= 11 is 3.41.